The lowest BCUT2D eigenvalue weighted by molar-refractivity contribution is -0.874. The van der Waals surface area contributed by atoms with E-state index in [1.165, 1.54) is 54.9 Å². The first kappa shape index (κ1) is 19.4. The van der Waals surface area contributed by atoms with Gasteiger partial charge in [0.05, 0.1) is 26.2 Å². The molecule has 1 saturated heterocycles. The third-order valence-corrected chi connectivity index (χ3v) is 5.34. The van der Waals surface area contributed by atoms with E-state index in [1.807, 2.05) is 0 Å². The Hall–Kier alpha value is -0.900. The van der Waals surface area contributed by atoms with Gasteiger partial charge >= 0.3 is 0 Å². The van der Waals surface area contributed by atoms with Crippen LogP contribution in [0.1, 0.15) is 50.2 Å². The van der Waals surface area contributed by atoms with Gasteiger partial charge in [-0.2, -0.15) is 0 Å². The third kappa shape index (κ3) is 6.19. The van der Waals surface area contributed by atoms with Crippen LogP contribution < -0.4 is 10.2 Å². The van der Waals surface area contributed by atoms with Gasteiger partial charge in [-0.15, -0.1) is 0 Å². The molecule has 136 valence electrons. The average molecular weight is 335 g/mol. The standard InChI is InChI=1S/C21H36N2O/c1-17-6-8-18(9-7-17)20(10-12-22-13-14-23(4)5)19-11-15-24-21(2,3)16-19/h6-9,19-20,22H,10-16H2,1-5H3/p+2/t19-,20-/m1/s1. The van der Waals surface area contributed by atoms with Gasteiger partial charge in [-0.25, -0.2) is 0 Å². The summed E-state index contributed by atoms with van der Waals surface area (Å²) in [6, 6.07) is 9.25. The van der Waals surface area contributed by atoms with Crippen LogP contribution in [0.4, 0.5) is 0 Å². The van der Waals surface area contributed by atoms with Crippen LogP contribution in [0, 0.1) is 12.8 Å². The quantitative estimate of drug-likeness (QED) is 0.691. The topological polar surface area (TPSA) is 30.3 Å². The van der Waals surface area contributed by atoms with Gasteiger partial charge in [-0.05, 0) is 51.0 Å². The summed E-state index contributed by atoms with van der Waals surface area (Å²) in [6.45, 7) is 11.3. The fourth-order valence-electron chi connectivity index (χ4n) is 3.94. The molecule has 1 aliphatic heterocycles. The molecule has 2 rings (SSSR count). The Balaban J connectivity index is 2.00. The van der Waals surface area contributed by atoms with E-state index in [0.29, 0.717) is 5.92 Å². The molecule has 3 N–H and O–H groups in total. The normalized spacial score (nSPS) is 21.8. The minimum Gasteiger partial charge on any atom is -0.376 e. The molecule has 1 fully saturated rings. The molecule has 1 aromatic carbocycles. The Bertz CT molecular complexity index is 481. The van der Waals surface area contributed by atoms with E-state index < -0.39 is 0 Å². The first-order chi connectivity index (χ1) is 11.4. The van der Waals surface area contributed by atoms with E-state index >= 15 is 0 Å². The number of nitrogens with two attached hydrogens (primary N) is 1. The molecule has 0 saturated carbocycles. The van der Waals surface area contributed by atoms with Crippen molar-refractivity contribution < 1.29 is 15.0 Å². The zero-order valence-electron chi connectivity index (χ0n) is 16.4. The maximum atomic E-state index is 5.96. The fraction of sp³-hybridized carbons (Fsp3) is 0.714. The zero-order chi connectivity index (χ0) is 17.6. The first-order valence-corrected chi connectivity index (χ1v) is 9.68. The molecule has 0 radical (unpaired) electrons. The van der Waals surface area contributed by atoms with E-state index in [1.54, 1.807) is 0 Å². The molecule has 0 bridgehead atoms. The van der Waals surface area contributed by atoms with Crippen molar-refractivity contribution in [3.05, 3.63) is 35.4 Å². The number of quaternary nitrogens is 2. The molecule has 0 amide bonds. The Kier molecular flexibility index (Phi) is 7.27. The predicted octanol–water partition coefficient (Wildman–Crippen LogP) is 1.38. The molecular formula is C21H38N2O+2. The van der Waals surface area contributed by atoms with Crippen molar-refractivity contribution in [2.75, 3.05) is 40.3 Å². The lowest BCUT2D eigenvalue weighted by atomic mass is 9.75. The molecule has 1 aromatic rings. The monoisotopic (exact) mass is 334 g/mol. The SMILES string of the molecule is Cc1ccc([C@@H](CC[NH2+]CC[NH+](C)C)[C@@H]2CCOC(C)(C)C2)cc1. The highest BCUT2D eigenvalue weighted by molar-refractivity contribution is 5.25. The summed E-state index contributed by atoms with van der Waals surface area (Å²) in [5.74, 6) is 1.40. The summed E-state index contributed by atoms with van der Waals surface area (Å²) in [5, 5.41) is 2.50. The van der Waals surface area contributed by atoms with Crippen LogP contribution in [0.15, 0.2) is 24.3 Å². The Morgan fingerprint density at radius 1 is 1.21 bits per heavy atom. The van der Waals surface area contributed by atoms with Crippen molar-refractivity contribution in [1.29, 1.82) is 0 Å². The Morgan fingerprint density at radius 3 is 2.54 bits per heavy atom. The van der Waals surface area contributed by atoms with Gasteiger partial charge in [0, 0.05) is 13.0 Å². The summed E-state index contributed by atoms with van der Waals surface area (Å²) in [7, 11) is 4.46. The molecular weight excluding hydrogens is 296 g/mol. The smallest absolute Gasteiger partial charge is 0.126 e. The molecule has 0 spiro atoms. The van der Waals surface area contributed by atoms with Crippen LogP contribution in [-0.2, 0) is 4.74 Å². The second-order valence-corrected chi connectivity index (χ2v) is 8.49. The highest BCUT2D eigenvalue weighted by Gasteiger charge is 2.34. The number of benzene rings is 1. The van der Waals surface area contributed by atoms with Crippen LogP contribution >= 0.6 is 0 Å². The van der Waals surface area contributed by atoms with Gasteiger partial charge in [-0.3, -0.25) is 0 Å². The molecule has 1 aliphatic rings. The largest absolute Gasteiger partial charge is 0.376 e. The fourth-order valence-corrected chi connectivity index (χ4v) is 3.94. The predicted molar refractivity (Wildman–Crippen MR) is 101 cm³/mol. The van der Waals surface area contributed by atoms with E-state index in [9.17, 15) is 0 Å². The number of aryl methyl sites for hydroxylation is 1. The average Bonchev–Trinajstić information content (AvgIpc) is 2.51. The molecule has 3 heteroatoms. The molecule has 3 nitrogen and oxygen atoms in total. The van der Waals surface area contributed by atoms with Crippen LogP contribution in [-0.4, -0.2) is 45.9 Å². The summed E-state index contributed by atoms with van der Waals surface area (Å²) < 4.78 is 5.96. The Labute approximate surface area is 148 Å². The van der Waals surface area contributed by atoms with E-state index in [2.05, 4.69) is 64.4 Å². The molecule has 0 aromatic heterocycles. The van der Waals surface area contributed by atoms with Crippen molar-refractivity contribution in [3.63, 3.8) is 0 Å². The molecule has 1 heterocycles. The minimum absolute atomic E-state index is 0.0316. The third-order valence-electron chi connectivity index (χ3n) is 5.34. The highest BCUT2D eigenvalue weighted by Crippen LogP contribution is 2.39. The van der Waals surface area contributed by atoms with Crippen molar-refractivity contribution in [3.8, 4) is 0 Å². The first-order valence-electron chi connectivity index (χ1n) is 9.68. The van der Waals surface area contributed by atoms with Gasteiger partial charge < -0.3 is 15.0 Å². The van der Waals surface area contributed by atoms with Crippen molar-refractivity contribution in [2.45, 2.75) is 51.6 Å². The summed E-state index contributed by atoms with van der Waals surface area (Å²) in [4.78, 5) is 1.53. The maximum absolute atomic E-state index is 5.96. The van der Waals surface area contributed by atoms with Crippen LogP contribution in [0.5, 0.6) is 0 Å². The van der Waals surface area contributed by atoms with Crippen molar-refractivity contribution in [1.82, 2.24) is 0 Å². The van der Waals surface area contributed by atoms with Gasteiger partial charge in [0.15, 0.2) is 0 Å². The minimum atomic E-state index is 0.0316. The Morgan fingerprint density at radius 2 is 1.92 bits per heavy atom. The highest BCUT2D eigenvalue weighted by atomic mass is 16.5. The summed E-state index contributed by atoms with van der Waals surface area (Å²) in [5.41, 5.74) is 2.91. The van der Waals surface area contributed by atoms with E-state index in [4.69, 9.17) is 4.74 Å². The molecule has 0 unspecified atom stereocenters. The lowest BCUT2D eigenvalue weighted by Crippen LogP contribution is -3.09. The van der Waals surface area contributed by atoms with Crippen LogP contribution in [0.3, 0.4) is 0 Å². The second kappa shape index (κ2) is 8.98. The second-order valence-electron chi connectivity index (χ2n) is 8.49. The van der Waals surface area contributed by atoms with E-state index in [0.717, 1.165) is 12.5 Å². The van der Waals surface area contributed by atoms with Gasteiger partial charge in [-0.1, -0.05) is 29.8 Å². The maximum Gasteiger partial charge on any atom is 0.126 e. The van der Waals surface area contributed by atoms with Gasteiger partial charge in [0.25, 0.3) is 0 Å². The van der Waals surface area contributed by atoms with E-state index in [-0.39, 0.29) is 5.60 Å². The number of hydrogen-bond donors (Lipinski definition) is 2. The number of nitrogens with one attached hydrogen (secondary N) is 1. The number of rotatable bonds is 8. The molecule has 0 aliphatic carbocycles. The summed E-state index contributed by atoms with van der Waals surface area (Å²) >= 11 is 0. The van der Waals surface area contributed by atoms with Crippen LogP contribution in [0.25, 0.3) is 0 Å². The van der Waals surface area contributed by atoms with Gasteiger partial charge in [0.1, 0.15) is 13.1 Å². The summed E-state index contributed by atoms with van der Waals surface area (Å²) in [6.07, 6.45) is 3.64. The number of ether oxygens (including phenoxy) is 1. The van der Waals surface area contributed by atoms with Crippen molar-refractivity contribution >= 4 is 0 Å². The number of likely N-dealkylation sites (N-methyl/N-ethyl adjacent to an activating group) is 1. The van der Waals surface area contributed by atoms with Crippen molar-refractivity contribution in [2.24, 2.45) is 5.92 Å². The number of hydrogen-bond acceptors (Lipinski definition) is 1. The molecule has 24 heavy (non-hydrogen) atoms. The van der Waals surface area contributed by atoms with Crippen LogP contribution in [0.2, 0.25) is 0 Å². The lowest BCUT2D eigenvalue weighted by Gasteiger charge is -2.39. The molecule has 2 atom stereocenters. The van der Waals surface area contributed by atoms with Gasteiger partial charge in [0.2, 0.25) is 0 Å². The zero-order valence-corrected chi connectivity index (χ0v) is 16.4.